The molecule has 0 fully saturated rings. The van der Waals surface area contributed by atoms with Gasteiger partial charge in [0.1, 0.15) is 6.42 Å². The van der Waals surface area contributed by atoms with Gasteiger partial charge in [0.2, 0.25) is 5.91 Å². The molecule has 0 aliphatic rings. The van der Waals surface area contributed by atoms with Crippen molar-refractivity contribution in [2.45, 2.75) is 19.4 Å². The number of benzene rings is 1. The van der Waals surface area contributed by atoms with E-state index >= 15 is 0 Å². The second-order valence-corrected chi connectivity index (χ2v) is 4.76. The highest BCUT2D eigenvalue weighted by Crippen LogP contribution is 2.29. The molecule has 1 N–H and O–H groups in total. The summed E-state index contributed by atoms with van der Waals surface area (Å²) >= 11 is 11.8. The summed E-state index contributed by atoms with van der Waals surface area (Å²) in [6, 6.07) is 4.67. The van der Waals surface area contributed by atoms with Crippen molar-refractivity contribution >= 4 is 35.1 Å². The molecule has 0 aliphatic heterocycles. The van der Waals surface area contributed by atoms with E-state index in [0.29, 0.717) is 10.0 Å². The molecule has 0 spiro atoms. The van der Waals surface area contributed by atoms with E-state index in [9.17, 15) is 9.59 Å². The summed E-state index contributed by atoms with van der Waals surface area (Å²) in [6.45, 7) is 1.77. The quantitative estimate of drug-likeness (QED) is 0.867. The lowest BCUT2D eigenvalue weighted by molar-refractivity contribution is -0.144. The first kappa shape index (κ1) is 14.8. The first-order valence-corrected chi connectivity index (χ1v) is 6.01. The van der Waals surface area contributed by atoms with Gasteiger partial charge < -0.3 is 10.0 Å². The molecule has 18 heavy (non-hydrogen) atoms. The second-order valence-electron chi connectivity index (χ2n) is 3.92. The Morgan fingerprint density at radius 1 is 1.39 bits per heavy atom. The number of nitrogens with zero attached hydrogens (tertiary/aromatic N) is 1. The van der Waals surface area contributed by atoms with Crippen LogP contribution in [-0.4, -0.2) is 28.9 Å². The molecule has 1 aromatic carbocycles. The average Bonchev–Trinajstić information content (AvgIpc) is 2.26. The van der Waals surface area contributed by atoms with Crippen molar-refractivity contribution in [2.75, 3.05) is 7.05 Å². The summed E-state index contributed by atoms with van der Waals surface area (Å²) < 4.78 is 0. The van der Waals surface area contributed by atoms with E-state index in [1.54, 1.807) is 32.2 Å². The zero-order valence-corrected chi connectivity index (χ0v) is 11.5. The van der Waals surface area contributed by atoms with Gasteiger partial charge >= 0.3 is 5.97 Å². The molecule has 4 nitrogen and oxygen atoms in total. The molecule has 0 aromatic heterocycles. The number of halogens is 2. The van der Waals surface area contributed by atoms with Gasteiger partial charge in [0.15, 0.2) is 0 Å². The van der Waals surface area contributed by atoms with Gasteiger partial charge in [-0.2, -0.15) is 0 Å². The molecule has 1 rings (SSSR count). The van der Waals surface area contributed by atoms with Gasteiger partial charge in [-0.25, -0.2) is 0 Å². The summed E-state index contributed by atoms with van der Waals surface area (Å²) in [4.78, 5) is 23.5. The van der Waals surface area contributed by atoms with Gasteiger partial charge in [-0.1, -0.05) is 29.3 Å². The Bertz CT molecular complexity index is 476. The van der Waals surface area contributed by atoms with E-state index in [0.717, 1.165) is 5.56 Å². The van der Waals surface area contributed by atoms with Crippen molar-refractivity contribution in [1.29, 1.82) is 0 Å². The van der Waals surface area contributed by atoms with Crippen molar-refractivity contribution in [3.8, 4) is 0 Å². The zero-order valence-electron chi connectivity index (χ0n) is 9.98. The van der Waals surface area contributed by atoms with Crippen LogP contribution in [0.25, 0.3) is 0 Å². The summed E-state index contributed by atoms with van der Waals surface area (Å²) in [6.07, 6.45) is -0.536. The van der Waals surface area contributed by atoms with E-state index in [1.807, 2.05) is 0 Å². The molecular weight excluding hydrogens is 277 g/mol. The Morgan fingerprint density at radius 2 is 2.00 bits per heavy atom. The Hall–Kier alpha value is -1.26. The predicted molar refractivity (Wildman–Crippen MR) is 69.9 cm³/mol. The van der Waals surface area contributed by atoms with Crippen LogP contribution in [0.3, 0.4) is 0 Å². The number of hydrogen-bond acceptors (Lipinski definition) is 2. The van der Waals surface area contributed by atoms with E-state index in [-0.39, 0.29) is 6.04 Å². The summed E-state index contributed by atoms with van der Waals surface area (Å²) in [5.41, 5.74) is 0.724. The lowest BCUT2D eigenvalue weighted by atomic mass is 10.1. The molecule has 0 bridgehead atoms. The molecule has 1 aromatic rings. The Labute approximate surface area is 115 Å². The van der Waals surface area contributed by atoms with Crippen LogP contribution in [0.2, 0.25) is 10.0 Å². The van der Waals surface area contributed by atoms with Gasteiger partial charge in [0.05, 0.1) is 6.04 Å². The number of carboxylic acid groups (broad SMARTS) is 1. The zero-order chi connectivity index (χ0) is 13.9. The Balaban J connectivity index is 2.89. The molecule has 6 heteroatoms. The summed E-state index contributed by atoms with van der Waals surface area (Å²) in [5.74, 6) is -1.62. The number of carbonyl (C=O) groups excluding carboxylic acids is 1. The number of hydrogen-bond donors (Lipinski definition) is 1. The van der Waals surface area contributed by atoms with E-state index in [4.69, 9.17) is 28.3 Å². The SMILES string of the molecule is CC(c1ccc(Cl)cc1Cl)N(C)C(=O)CC(=O)O. The standard InChI is InChI=1S/C12H13Cl2NO3/c1-7(15(2)11(16)6-12(17)18)9-4-3-8(13)5-10(9)14/h3-5,7H,6H2,1-2H3,(H,17,18). The monoisotopic (exact) mass is 289 g/mol. The fourth-order valence-electron chi connectivity index (χ4n) is 1.52. The molecule has 0 aliphatic carbocycles. The fraction of sp³-hybridized carbons (Fsp3) is 0.333. The van der Waals surface area contributed by atoms with Gasteiger partial charge in [-0.05, 0) is 24.6 Å². The number of rotatable bonds is 4. The van der Waals surface area contributed by atoms with Crippen LogP contribution in [0.5, 0.6) is 0 Å². The van der Waals surface area contributed by atoms with E-state index in [1.165, 1.54) is 4.90 Å². The minimum absolute atomic E-state index is 0.318. The lowest BCUT2D eigenvalue weighted by Crippen LogP contribution is -2.31. The Kier molecular flexibility index (Phi) is 4.99. The minimum Gasteiger partial charge on any atom is -0.481 e. The average molecular weight is 290 g/mol. The molecule has 98 valence electrons. The van der Waals surface area contributed by atoms with Gasteiger partial charge in [-0.3, -0.25) is 9.59 Å². The second kappa shape index (κ2) is 6.07. The number of aliphatic carboxylic acids is 1. The molecule has 0 radical (unpaired) electrons. The van der Waals surface area contributed by atoms with Crippen LogP contribution in [0, 0.1) is 0 Å². The summed E-state index contributed by atoms with van der Waals surface area (Å²) in [5, 5.41) is 9.54. The van der Waals surface area contributed by atoms with Gasteiger partial charge in [0.25, 0.3) is 0 Å². The van der Waals surface area contributed by atoms with Crippen molar-refractivity contribution in [2.24, 2.45) is 0 Å². The first-order valence-electron chi connectivity index (χ1n) is 5.25. The van der Waals surface area contributed by atoms with Crippen LogP contribution >= 0.6 is 23.2 Å². The van der Waals surface area contributed by atoms with Crippen LogP contribution in [0.4, 0.5) is 0 Å². The molecule has 0 heterocycles. The maximum absolute atomic E-state index is 11.6. The molecule has 1 atom stereocenters. The third-order valence-electron chi connectivity index (χ3n) is 2.69. The number of carboxylic acids is 1. The van der Waals surface area contributed by atoms with Crippen molar-refractivity contribution in [3.05, 3.63) is 33.8 Å². The molecule has 1 amide bonds. The molecule has 1 unspecified atom stereocenters. The van der Waals surface area contributed by atoms with E-state index in [2.05, 4.69) is 0 Å². The Morgan fingerprint density at radius 3 is 2.50 bits per heavy atom. The number of carbonyl (C=O) groups is 2. The first-order chi connectivity index (χ1) is 8.32. The highest BCUT2D eigenvalue weighted by Gasteiger charge is 2.21. The van der Waals surface area contributed by atoms with Crippen LogP contribution < -0.4 is 0 Å². The highest BCUT2D eigenvalue weighted by molar-refractivity contribution is 6.35. The van der Waals surface area contributed by atoms with Crippen LogP contribution in [0.15, 0.2) is 18.2 Å². The fourth-order valence-corrected chi connectivity index (χ4v) is 2.09. The van der Waals surface area contributed by atoms with Crippen LogP contribution in [-0.2, 0) is 9.59 Å². The lowest BCUT2D eigenvalue weighted by Gasteiger charge is -2.25. The molecule has 0 saturated heterocycles. The van der Waals surface area contributed by atoms with Crippen molar-refractivity contribution in [3.63, 3.8) is 0 Å². The largest absolute Gasteiger partial charge is 0.481 e. The topological polar surface area (TPSA) is 57.6 Å². The van der Waals surface area contributed by atoms with Gasteiger partial charge in [-0.15, -0.1) is 0 Å². The van der Waals surface area contributed by atoms with Crippen LogP contribution in [0.1, 0.15) is 24.9 Å². The maximum Gasteiger partial charge on any atom is 0.312 e. The third-order valence-corrected chi connectivity index (χ3v) is 3.25. The molecular formula is C12H13Cl2NO3. The molecule has 0 saturated carbocycles. The van der Waals surface area contributed by atoms with Gasteiger partial charge in [0, 0.05) is 17.1 Å². The summed E-state index contributed by atoms with van der Waals surface area (Å²) in [7, 11) is 1.54. The van der Waals surface area contributed by atoms with E-state index < -0.39 is 18.3 Å². The minimum atomic E-state index is -1.15. The van der Waals surface area contributed by atoms with Crippen molar-refractivity contribution < 1.29 is 14.7 Å². The normalized spacial score (nSPS) is 12.0. The van der Waals surface area contributed by atoms with Crippen molar-refractivity contribution in [1.82, 2.24) is 4.90 Å². The predicted octanol–water partition coefficient (Wildman–Crippen LogP) is 2.99. The maximum atomic E-state index is 11.6. The number of amides is 1. The highest BCUT2D eigenvalue weighted by atomic mass is 35.5. The third kappa shape index (κ3) is 3.62. The smallest absolute Gasteiger partial charge is 0.312 e.